The number of fused-ring (bicyclic) bond motifs is 3. The quantitative estimate of drug-likeness (QED) is 0.516. The van der Waals surface area contributed by atoms with E-state index in [2.05, 4.69) is 15.3 Å². The number of hydrogen-bond acceptors (Lipinski definition) is 8. The van der Waals surface area contributed by atoms with Gasteiger partial charge in [-0.15, -0.1) is 10.2 Å². The van der Waals surface area contributed by atoms with Crippen LogP contribution in [-0.4, -0.2) is 33.0 Å². The SMILES string of the molecule is c1ccc2c(c1)OCC(c1nn3c(C4COc5ccccc5O4)nnc3s1)O2. The van der Waals surface area contributed by atoms with Gasteiger partial charge in [0.1, 0.15) is 13.2 Å². The molecule has 0 spiro atoms. The van der Waals surface area contributed by atoms with Gasteiger partial charge in [0.25, 0.3) is 0 Å². The molecule has 4 heterocycles. The molecule has 0 radical (unpaired) electrons. The van der Waals surface area contributed by atoms with E-state index < -0.39 is 0 Å². The Balaban J connectivity index is 1.30. The molecule has 2 unspecified atom stereocenters. The highest BCUT2D eigenvalue weighted by Crippen LogP contribution is 2.38. The topological polar surface area (TPSA) is 80.0 Å². The van der Waals surface area contributed by atoms with Crippen molar-refractivity contribution >= 4 is 16.3 Å². The third-order valence-corrected chi connectivity index (χ3v) is 5.60. The molecule has 2 aromatic heterocycles. The van der Waals surface area contributed by atoms with Crippen molar-refractivity contribution < 1.29 is 18.9 Å². The Morgan fingerprint density at radius 3 is 2.11 bits per heavy atom. The lowest BCUT2D eigenvalue weighted by Gasteiger charge is -2.25. The van der Waals surface area contributed by atoms with Crippen molar-refractivity contribution in [3.05, 3.63) is 59.4 Å². The molecule has 4 aromatic rings. The number of aromatic nitrogens is 4. The summed E-state index contributed by atoms with van der Waals surface area (Å²) in [6, 6.07) is 15.2. The van der Waals surface area contributed by atoms with E-state index in [-0.39, 0.29) is 12.2 Å². The third-order valence-electron chi connectivity index (χ3n) is 4.61. The van der Waals surface area contributed by atoms with Crippen LogP contribution in [-0.2, 0) is 0 Å². The molecule has 2 aromatic carbocycles. The van der Waals surface area contributed by atoms with Gasteiger partial charge in [-0.05, 0) is 24.3 Å². The summed E-state index contributed by atoms with van der Waals surface area (Å²) >= 11 is 1.43. The van der Waals surface area contributed by atoms with Gasteiger partial charge in [0.2, 0.25) is 4.96 Å². The van der Waals surface area contributed by atoms with Crippen LogP contribution in [0, 0.1) is 0 Å². The molecule has 0 N–H and O–H groups in total. The summed E-state index contributed by atoms with van der Waals surface area (Å²) in [6.07, 6.45) is -0.678. The zero-order valence-electron chi connectivity index (χ0n) is 14.5. The second-order valence-corrected chi connectivity index (χ2v) is 7.41. The molecule has 28 heavy (non-hydrogen) atoms. The molecule has 0 saturated carbocycles. The smallest absolute Gasteiger partial charge is 0.234 e. The van der Waals surface area contributed by atoms with E-state index in [1.54, 1.807) is 4.52 Å². The molecule has 8 nitrogen and oxygen atoms in total. The van der Waals surface area contributed by atoms with E-state index in [4.69, 9.17) is 18.9 Å². The van der Waals surface area contributed by atoms with Gasteiger partial charge < -0.3 is 18.9 Å². The average molecular weight is 394 g/mol. The molecule has 140 valence electrons. The zero-order valence-corrected chi connectivity index (χ0v) is 15.3. The van der Waals surface area contributed by atoms with E-state index in [1.165, 1.54) is 11.3 Å². The Bertz CT molecular complexity index is 1170. The number of ether oxygens (including phenoxy) is 4. The molecule has 2 atom stereocenters. The van der Waals surface area contributed by atoms with Crippen LogP contribution < -0.4 is 18.9 Å². The summed E-state index contributed by atoms with van der Waals surface area (Å²) in [7, 11) is 0. The molecule has 2 aliphatic heterocycles. The standard InChI is InChI=1S/C19H14N4O4S/c1-3-7-13-11(5-1)24-9-15(26-13)17-20-21-19-23(17)22-18(28-19)16-10-25-12-6-2-4-8-14(12)27-16/h1-8,15-16H,9-10H2. The summed E-state index contributed by atoms with van der Waals surface area (Å²) in [5, 5.41) is 14.0. The number of hydrogen-bond donors (Lipinski definition) is 0. The van der Waals surface area contributed by atoms with Crippen molar-refractivity contribution in [2.24, 2.45) is 0 Å². The first-order valence-corrected chi connectivity index (χ1v) is 9.66. The first-order chi connectivity index (χ1) is 13.8. The Hall–Kier alpha value is -3.33. The minimum atomic E-state index is -0.385. The fraction of sp³-hybridized carbons (Fsp3) is 0.211. The highest BCUT2D eigenvalue weighted by Gasteiger charge is 2.31. The number of rotatable bonds is 2. The van der Waals surface area contributed by atoms with Gasteiger partial charge in [0.05, 0.1) is 0 Å². The van der Waals surface area contributed by atoms with Crippen LogP contribution in [0.3, 0.4) is 0 Å². The van der Waals surface area contributed by atoms with E-state index in [9.17, 15) is 0 Å². The molecule has 9 heteroatoms. The first kappa shape index (κ1) is 15.7. The summed E-state index contributed by atoms with van der Waals surface area (Å²) in [5.41, 5.74) is 0. The molecule has 6 rings (SSSR count). The van der Waals surface area contributed by atoms with Crippen LogP contribution in [0.2, 0.25) is 0 Å². The molecule has 0 bridgehead atoms. The second-order valence-electron chi connectivity index (χ2n) is 6.42. The fourth-order valence-electron chi connectivity index (χ4n) is 3.27. The van der Waals surface area contributed by atoms with E-state index in [0.29, 0.717) is 35.5 Å². The van der Waals surface area contributed by atoms with Crippen molar-refractivity contribution in [3.8, 4) is 23.0 Å². The van der Waals surface area contributed by atoms with Crippen molar-refractivity contribution in [1.29, 1.82) is 0 Å². The number of nitrogens with zero attached hydrogens (tertiary/aromatic N) is 4. The highest BCUT2D eigenvalue weighted by atomic mass is 32.1. The molecular formula is C19H14N4O4S. The molecule has 0 saturated heterocycles. The summed E-state index contributed by atoms with van der Waals surface area (Å²) < 4.78 is 25.4. The zero-order chi connectivity index (χ0) is 18.5. The first-order valence-electron chi connectivity index (χ1n) is 8.84. The maximum absolute atomic E-state index is 6.05. The monoisotopic (exact) mass is 394 g/mol. The van der Waals surface area contributed by atoms with Crippen molar-refractivity contribution in [3.63, 3.8) is 0 Å². The van der Waals surface area contributed by atoms with Crippen LogP contribution in [0.15, 0.2) is 48.5 Å². The van der Waals surface area contributed by atoms with E-state index in [0.717, 1.165) is 16.5 Å². The van der Waals surface area contributed by atoms with E-state index in [1.807, 2.05) is 48.5 Å². The predicted octanol–water partition coefficient (Wildman–Crippen LogP) is 3.21. The van der Waals surface area contributed by atoms with Gasteiger partial charge in [-0.3, -0.25) is 0 Å². The molecule has 0 fully saturated rings. The maximum Gasteiger partial charge on any atom is 0.234 e. The van der Waals surface area contributed by atoms with Crippen molar-refractivity contribution in [2.75, 3.05) is 13.2 Å². The third kappa shape index (κ3) is 2.47. The summed E-state index contributed by atoms with van der Waals surface area (Å²) in [6.45, 7) is 0.744. The van der Waals surface area contributed by atoms with Gasteiger partial charge in [-0.25, -0.2) is 0 Å². The lowest BCUT2D eigenvalue weighted by atomic mass is 10.2. The van der Waals surface area contributed by atoms with Gasteiger partial charge >= 0.3 is 0 Å². The average Bonchev–Trinajstić information content (AvgIpc) is 3.34. The van der Waals surface area contributed by atoms with Gasteiger partial charge in [0, 0.05) is 0 Å². The summed E-state index contributed by atoms with van der Waals surface area (Å²) in [4.78, 5) is 0.676. The Kier molecular flexibility index (Phi) is 3.42. The van der Waals surface area contributed by atoms with E-state index >= 15 is 0 Å². The van der Waals surface area contributed by atoms with Crippen LogP contribution in [0.25, 0.3) is 4.96 Å². The molecular weight excluding hydrogens is 380 g/mol. The Morgan fingerprint density at radius 1 is 0.786 bits per heavy atom. The summed E-state index contributed by atoms with van der Waals surface area (Å²) in [5.74, 6) is 3.47. The predicted molar refractivity (Wildman–Crippen MR) is 99.3 cm³/mol. The van der Waals surface area contributed by atoms with Crippen molar-refractivity contribution in [2.45, 2.75) is 12.2 Å². The number of benzene rings is 2. The Morgan fingerprint density at radius 2 is 1.39 bits per heavy atom. The van der Waals surface area contributed by atoms with Crippen LogP contribution in [0.4, 0.5) is 0 Å². The Labute approximate surface area is 163 Å². The van der Waals surface area contributed by atoms with Gasteiger partial charge in [-0.2, -0.15) is 9.61 Å². The van der Waals surface area contributed by atoms with Crippen LogP contribution in [0.5, 0.6) is 23.0 Å². The lowest BCUT2D eigenvalue weighted by Crippen LogP contribution is -2.24. The molecule has 2 aliphatic rings. The number of para-hydroxylation sites is 4. The molecule has 0 amide bonds. The normalized spacial score (nSPS) is 20.3. The largest absolute Gasteiger partial charge is 0.485 e. The van der Waals surface area contributed by atoms with Crippen LogP contribution in [0.1, 0.15) is 23.0 Å². The maximum atomic E-state index is 6.05. The fourth-order valence-corrected chi connectivity index (χ4v) is 4.13. The van der Waals surface area contributed by atoms with Gasteiger partial charge in [0.15, 0.2) is 46.0 Å². The van der Waals surface area contributed by atoms with Crippen LogP contribution >= 0.6 is 11.3 Å². The van der Waals surface area contributed by atoms with Gasteiger partial charge in [-0.1, -0.05) is 35.6 Å². The highest BCUT2D eigenvalue weighted by molar-refractivity contribution is 7.16. The molecule has 0 aliphatic carbocycles. The second kappa shape index (κ2) is 6.10. The lowest BCUT2D eigenvalue weighted by molar-refractivity contribution is 0.0821. The van der Waals surface area contributed by atoms with Crippen molar-refractivity contribution in [1.82, 2.24) is 19.8 Å². The minimum absolute atomic E-state index is 0.293. The minimum Gasteiger partial charge on any atom is -0.485 e.